The first-order valence-corrected chi connectivity index (χ1v) is 10.6. The first-order valence-electron chi connectivity index (χ1n) is 9.06. The minimum Gasteiger partial charge on any atom is -0.393 e. The molecule has 0 aromatic heterocycles. The molecule has 0 aliphatic heterocycles. The van der Waals surface area contributed by atoms with E-state index in [0.29, 0.717) is 12.8 Å². The Labute approximate surface area is 137 Å². The molecule has 0 radical (unpaired) electrons. The van der Waals surface area contributed by atoms with Crippen LogP contribution in [-0.4, -0.2) is 29.4 Å². The van der Waals surface area contributed by atoms with Crippen LogP contribution in [0.2, 0.25) is 0 Å². The molecule has 0 aromatic carbocycles. The first-order chi connectivity index (χ1) is 10.4. The molecule has 0 rings (SSSR count). The average Bonchev–Trinajstić information content (AvgIpc) is 2.46. The summed E-state index contributed by atoms with van der Waals surface area (Å²) in [6.45, 7) is 3.82. The van der Waals surface area contributed by atoms with Crippen LogP contribution in [0.4, 0.5) is 0 Å². The molecule has 0 fully saturated rings. The van der Waals surface area contributed by atoms with Gasteiger partial charge in [-0.3, -0.25) is 4.55 Å². The van der Waals surface area contributed by atoms with Gasteiger partial charge in [0.05, 0.1) is 11.4 Å². The molecule has 0 spiro atoms. The van der Waals surface area contributed by atoms with E-state index >= 15 is 0 Å². The number of unbranched alkanes of at least 4 members (excludes halogenated alkanes) is 8. The summed E-state index contributed by atoms with van der Waals surface area (Å²) in [7, 11) is -3.85. The molecule has 0 aromatic rings. The molecule has 0 heterocycles. The molecule has 0 aliphatic carbocycles. The summed E-state index contributed by atoms with van der Waals surface area (Å²) in [4.78, 5) is 0. The Morgan fingerprint density at radius 2 is 1.14 bits per heavy atom. The Morgan fingerprint density at radius 3 is 1.50 bits per heavy atom. The maximum Gasteiger partial charge on any atom is 0.267 e. The predicted octanol–water partition coefficient (Wildman–Crippen LogP) is 4.71. The van der Waals surface area contributed by atoms with Gasteiger partial charge in [-0.05, 0) is 25.7 Å². The molecule has 5 heteroatoms. The summed E-state index contributed by atoms with van der Waals surface area (Å²) in [5, 5.41) is 8.86. The Morgan fingerprint density at radius 1 is 0.727 bits per heavy atom. The Hall–Kier alpha value is -0.130. The highest BCUT2D eigenvalue weighted by atomic mass is 32.2. The summed E-state index contributed by atoms with van der Waals surface area (Å²) in [6.07, 6.45) is 13.1. The van der Waals surface area contributed by atoms with Gasteiger partial charge in [0.1, 0.15) is 0 Å². The fourth-order valence-corrected chi connectivity index (χ4v) is 3.64. The zero-order chi connectivity index (χ0) is 16.8. The van der Waals surface area contributed by atoms with Gasteiger partial charge in [-0.2, -0.15) is 8.42 Å². The van der Waals surface area contributed by atoms with Crippen LogP contribution in [0.3, 0.4) is 0 Å². The van der Waals surface area contributed by atoms with E-state index in [1.807, 2.05) is 6.92 Å². The number of aliphatic hydroxyl groups excluding tert-OH is 1. The van der Waals surface area contributed by atoms with Gasteiger partial charge in [0.25, 0.3) is 10.1 Å². The predicted molar refractivity (Wildman–Crippen MR) is 92.7 cm³/mol. The van der Waals surface area contributed by atoms with Crippen LogP contribution in [0.1, 0.15) is 97.3 Å². The fraction of sp³-hybridized carbons (Fsp3) is 1.00. The highest BCUT2D eigenvalue weighted by Gasteiger charge is 2.19. The second-order valence-electron chi connectivity index (χ2n) is 6.37. The average molecular weight is 337 g/mol. The summed E-state index contributed by atoms with van der Waals surface area (Å²) in [6, 6.07) is 0. The van der Waals surface area contributed by atoms with E-state index in [9.17, 15) is 13.5 Å². The fourth-order valence-electron chi connectivity index (χ4n) is 2.76. The van der Waals surface area contributed by atoms with Crippen molar-refractivity contribution < 1.29 is 18.1 Å². The topological polar surface area (TPSA) is 74.6 Å². The normalized spacial score (nSPS) is 14.9. The van der Waals surface area contributed by atoms with Gasteiger partial charge in [-0.1, -0.05) is 71.6 Å². The van der Waals surface area contributed by atoms with Gasteiger partial charge in [0.2, 0.25) is 0 Å². The molecule has 0 saturated carbocycles. The number of hydrogen-bond donors (Lipinski definition) is 2. The van der Waals surface area contributed by atoms with E-state index < -0.39 is 15.4 Å². The Kier molecular flexibility index (Phi) is 13.2. The largest absolute Gasteiger partial charge is 0.393 e. The first kappa shape index (κ1) is 21.9. The van der Waals surface area contributed by atoms with Crippen molar-refractivity contribution in [2.75, 3.05) is 0 Å². The van der Waals surface area contributed by atoms with Crippen LogP contribution in [0.5, 0.6) is 0 Å². The molecule has 2 unspecified atom stereocenters. The monoisotopic (exact) mass is 336 g/mol. The lowest BCUT2D eigenvalue weighted by atomic mass is 10.0. The van der Waals surface area contributed by atoms with E-state index in [-0.39, 0.29) is 6.10 Å². The Balaban J connectivity index is 3.34. The molecule has 2 N–H and O–H groups in total. The van der Waals surface area contributed by atoms with Crippen molar-refractivity contribution in [1.82, 2.24) is 0 Å². The molecule has 22 heavy (non-hydrogen) atoms. The van der Waals surface area contributed by atoms with Gasteiger partial charge in [0, 0.05) is 0 Å². The SMILES string of the molecule is CCC(O)CCCCCCCCCCCC(CC)S(=O)(=O)O. The summed E-state index contributed by atoms with van der Waals surface area (Å²) < 4.78 is 31.1. The van der Waals surface area contributed by atoms with Crippen molar-refractivity contribution in [1.29, 1.82) is 0 Å². The van der Waals surface area contributed by atoms with Crippen molar-refractivity contribution in [2.45, 2.75) is 109 Å². The minimum atomic E-state index is -3.85. The van der Waals surface area contributed by atoms with Crippen LogP contribution in [-0.2, 0) is 10.1 Å². The maximum absolute atomic E-state index is 11.1. The van der Waals surface area contributed by atoms with Crippen molar-refractivity contribution in [3.05, 3.63) is 0 Å². The maximum atomic E-state index is 11.1. The highest BCUT2D eigenvalue weighted by molar-refractivity contribution is 7.86. The van der Waals surface area contributed by atoms with Crippen LogP contribution >= 0.6 is 0 Å². The van der Waals surface area contributed by atoms with E-state index in [1.165, 1.54) is 32.1 Å². The van der Waals surface area contributed by atoms with Gasteiger partial charge >= 0.3 is 0 Å². The van der Waals surface area contributed by atoms with E-state index in [2.05, 4.69) is 0 Å². The molecule has 0 amide bonds. The number of hydrogen-bond acceptors (Lipinski definition) is 3. The number of rotatable bonds is 15. The second kappa shape index (κ2) is 13.3. The lowest BCUT2D eigenvalue weighted by Gasteiger charge is -2.10. The van der Waals surface area contributed by atoms with Crippen molar-refractivity contribution >= 4 is 10.1 Å². The second-order valence-corrected chi connectivity index (χ2v) is 8.06. The Bertz CT molecular complexity index is 341. The van der Waals surface area contributed by atoms with Crippen molar-refractivity contribution in [3.8, 4) is 0 Å². The smallest absolute Gasteiger partial charge is 0.267 e. The van der Waals surface area contributed by atoms with Gasteiger partial charge < -0.3 is 5.11 Å². The minimum absolute atomic E-state index is 0.116. The van der Waals surface area contributed by atoms with Crippen LogP contribution in [0.15, 0.2) is 0 Å². The molecule has 2 atom stereocenters. The molecular formula is C17H36O4S. The lowest BCUT2D eigenvalue weighted by Crippen LogP contribution is -2.19. The van der Waals surface area contributed by atoms with Crippen LogP contribution < -0.4 is 0 Å². The lowest BCUT2D eigenvalue weighted by molar-refractivity contribution is 0.156. The van der Waals surface area contributed by atoms with Gasteiger partial charge in [-0.25, -0.2) is 0 Å². The zero-order valence-corrected chi connectivity index (χ0v) is 15.3. The van der Waals surface area contributed by atoms with Gasteiger partial charge in [0.15, 0.2) is 0 Å². The third kappa shape index (κ3) is 12.4. The summed E-state index contributed by atoms with van der Waals surface area (Å²) in [5.41, 5.74) is 0. The third-order valence-corrected chi connectivity index (χ3v) is 5.82. The summed E-state index contributed by atoms with van der Waals surface area (Å²) >= 11 is 0. The van der Waals surface area contributed by atoms with Crippen LogP contribution in [0.25, 0.3) is 0 Å². The summed E-state index contributed by atoms with van der Waals surface area (Å²) in [5.74, 6) is 0. The molecular weight excluding hydrogens is 300 g/mol. The molecule has 0 bridgehead atoms. The number of aliphatic hydroxyl groups is 1. The van der Waals surface area contributed by atoms with Crippen molar-refractivity contribution in [2.24, 2.45) is 0 Å². The van der Waals surface area contributed by atoms with Gasteiger partial charge in [-0.15, -0.1) is 0 Å². The van der Waals surface area contributed by atoms with E-state index in [4.69, 9.17) is 4.55 Å². The molecule has 4 nitrogen and oxygen atoms in total. The van der Waals surface area contributed by atoms with Crippen molar-refractivity contribution in [3.63, 3.8) is 0 Å². The molecule has 0 saturated heterocycles. The quantitative estimate of drug-likeness (QED) is 0.335. The van der Waals surface area contributed by atoms with E-state index in [1.54, 1.807) is 6.92 Å². The van der Waals surface area contributed by atoms with E-state index in [0.717, 1.165) is 38.5 Å². The highest BCUT2D eigenvalue weighted by Crippen LogP contribution is 2.16. The molecule has 0 aliphatic rings. The molecule has 134 valence electrons. The zero-order valence-electron chi connectivity index (χ0n) is 14.5. The standard InChI is InChI=1S/C17H36O4S/c1-3-16(18)14-12-10-8-6-5-7-9-11-13-15-17(4-2)22(19,20)21/h16-18H,3-15H2,1-2H3,(H,19,20,21). The van der Waals surface area contributed by atoms with Crippen LogP contribution in [0, 0.1) is 0 Å². The third-order valence-electron chi connectivity index (χ3n) is 4.41.